The van der Waals surface area contributed by atoms with Crippen LogP contribution in [0.2, 0.25) is 0 Å². The fourth-order valence-electron chi connectivity index (χ4n) is 5.14. The summed E-state index contributed by atoms with van der Waals surface area (Å²) in [5, 5.41) is 20.8. The fourth-order valence-corrected chi connectivity index (χ4v) is 6.69. The summed E-state index contributed by atoms with van der Waals surface area (Å²) in [7, 11) is 0. The highest BCUT2D eigenvalue weighted by molar-refractivity contribution is 7.99. The summed E-state index contributed by atoms with van der Waals surface area (Å²) in [5.74, 6) is 1.34. The number of carboxylic acid groups (broad SMARTS) is 1. The largest absolute Gasteiger partial charge is 0.481 e. The first kappa shape index (κ1) is 21.4. The second kappa shape index (κ2) is 9.52. The van der Waals surface area contributed by atoms with Crippen molar-refractivity contribution in [3.05, 3.63) is 71.8 Å². The van der Waals surface area contributed by atoms with Gasteiger partial charge >= 0.3 is 5.97 Å². The smallest absolute Gasteiger partial charge is 0.303 e. The average Bonchev–Trinajstić information content (AvgIpc) is 3.31. The minimum atomic E-state index is -0.744. The van der Waals surface area contributed by atoms with Crippen LogP contribution in [0.15, 0.2) is 60.7 Å². The molecule has 0 bridgehead atoms. The molecule has 2 saturated heterocycles. The highest BCUT2D eigenvalue weighted by atomic mass is 32.2. The molecular weight excluding hydrogens is 396 g/mol. The zero-order valence-electron chi connectivity index (χ0n) is 17.3. The van der Waals surface area contributed by atoms with Crippen LogP contribution < -0.4 is 0 Å². The number of carboxylic acids is 1. The summed E-state index contributed by atoms with van der Waals surface area (Å²) in [6.07, 6.45) is 1.08. The van der Waals surface area contributed by atoms with Gasteiger partial charge in [-0.15, -0.1) is 0 Å². The maximum absolute atomic E-state index is 11.7. The van der Waals surface area contributed by atoms with Gasteiger partial charge in [0.2, 0.25) is 0 Å². The number of carbonyl (C=O) groups is 1. The molecule has 2 aliphatic rings. The zero-order valence-corrected chi connectivity index (χ0v) is 18.1. The standard InChI is InChI=1S/C24H30N2O3S/c27-23(28)13-7-8-14-26(16-20-11-5-2-6-12-20)22-18-30-17-21(22)25(24(26)29)15-19-9-3-1-4-10-19/h1-6,9-12,21-22,24,29H,7-8,13-18H2/p+1/t21-,22+,24?,26?/m1/s1. The SMILES string of the molecule is O=C(O)CCCC[N+]1(Cc2ccccc2)C(O)N(Cc2ccccc2)[C@@H]2CSC[C@@H]21. The summed E-state index contributed by atoms with van der Waals surface area (Å²) in [5.41, 5.74) is 2.45. The lowest BCUT2D eigenvalue weighted by atomic mass is 10.1. The van der Waals surface area contributed by atoms with Crippen LogP contribution in [-0.2, 0) is 17.9 Å². The molecule has 2 N–H and O–H groups in total. The zero-order chi connectivity index (χ0) is 21.0. The lowest BCUT2D eigenvalue weighted by Crippen LogP contribution is -2.59. The Bertz CT molecular complexity index is 835. The van der Waals surface area contributed by atoms with Crippen LogP contribution in [0.25, 0.3) is 0 Å². The molecule has 2 aliphatic heterocycles. The van der Waals surface area contributed by atoms with Crippen LogP contribution >= 0.6 is 11.8 Å². The molecule has 0 saturated carbocycles. The Labute approximate surface area is 182 Å². The van der Waals surface area contributed by atoms with Crippen molar-refractivity contribution in [1.29, 1.82) is 0 Å². The maximum atomic E-state index is 11.7. The number of aliphatic carboxylic acids is 1. The van der Waals surface area contributed by atoms with E-state index < -0.39 is 12.3 Å². The van der Waals surface area contributed by atoms with Crippen LogP contribution in [0.3, 0.4) is 0 Å². The molecule has 2 heterocycles. The number of unbranched alkanes of at least 4 members (excludes halogenated alkanes) is 1. The van der Waals surface area contributed by atoms with E-state index >= 15 is 0 Å². The predicted octanol–water partition coefficient (Wildman–Crippen LogP) is 3.53. The van der Waals surface area contributed by atoms with E-state index in [4.69, 9.17) is 5.11 Å². The van der Waals surface area contributed by atoms with Gasteiger partial charge in [0, 0.05) is 30.0 Å². The summed E-state index contributed by atoms with van der Waals surface area (Å²) < 4.78 is 0.619. The summed E-state index contributed by atoms with van der Waals surface area (Å²) in [6, 6.07) is 21.5. The van der Waals surface area contributed by atoms with Gasteiger partial charge in [0.25, 0.3) is 6.35 Å². The number of thioether (sulfide) groups is 1. The lowest BCUT2D eigenvalue weighted by Gasteiger charge is -2.42. The van der Waals surface area contributed by atoms with E-state index in [-0.39, 0.29) is 6.42 Å². The van der Waals surface area contributed by atoms with E-state index in [0.29, 0.717) is 23.0 Å². The molecule has 2 aromatic carbocycles. The Balaban J connectivity index is 1.61. The van der Waals surface area contributed by atoms with Crippen molar-refractivity contribution in [3.63, 3.8) is 0 Å². The Morgan fingerprint density at radius 3 is 2.33 bits per heavy atom. The van der Waals surface area contributed by atoms with Crippen molar-refractivity contribution in [2.24, 2.45) is 0 Å². The molecule has 4 atom stereocenters. The van der Waals surface area contributed by atoms with Gasteiger partial charge in [0.05, 0.1) is 12.6 Å². The number of quaternary nitrogens is 1. The average molecular weight is 428 g/mol. The second-order valence-electron chi connectivity index (χ2n) is 8.50. The molecule has 5 nitrogen and oxygen atoms in total. The van der Waals surface area contributed by atoms with Gasteiger partial charge in [0.1, 0.15) is 12.6 Å². The van der Waals surface area contributed by atoms with E-state index in [0.717, 1.165) is 37.6 Å². The molecule has 2 aromatic rings. The number of hydrogen-bond acceptors (Lipinski definition) is 4. The fraction of sp³-hybridized carbons (Fsp3) is 0.458. The predicted molar refractivity (Wildman–Crippen MR) is 120 cm³/mol. The minimum Gasteiger partial charge on any atom is -0.481 e. The van der Waals surface area contributed by atoms with Crippen molar-refractivity contribution >= 4 is 17.7 Å². The van der Waals surface area contributed by atoms with E-state index in [1.165, 1.54) is 11.1 Å². The Morgan fingerprint density at radius 2 is 1.67 bits per heavy atom. The van der Waals surface area contributed by atoms with Crippen LogP contribution in [0.1, 0.15) is 30.4 Å². The van der Waals surface area contributed by atoms with Crippen LogP contribution in [0.4, 0.5) is 0 Å². The van der Waals surface area contributed by atoms with Crippen molar-refractivity contribution in [3.8, 4) is 0 Å². The molecule has 0 spiro atoms. The molecule has 2 unspecified atom stereocenters. The van der Waals surface area contributed by atoms with Crippen LogP contribution in [0.5, 0.6) is 0 Å². The van der Waals surface area contributed by atoms with Gasteiger partial charge in [0.15, 0.2) is 0 Å². The number of nitrogens with zero attached hydrogens (tertiary/aromatic N) is 2. The molecule has 0 aliphatic carbocycles. The molecule has 0 radical (unpaired) electrons. The van der Waals surface area contributed by atoms with Crippen molar-refractivity contribution in [2.45, 2.75) is 50.8 Å². The maximum Gasteiger partial charge on any atom is 0.303 e. The third-order valence-corrected chi connectivity index (χ3v) is 7.76. The first-order chi connectivity index (χ1) is 14.6. The highest BCUT2D eigenvalue weighted by Crippen LogP contribution is 2.44. The number of benzene rings is 2. The summed E-state index contributed by atoms with van der Waals surface area (Å²) >= 11 is 1.98. The summed E-state index contributed by atoms with van der Waals surface area (Å²) in [6.45, 7) is 2.33. The van der Waals surface area contributed by atoms with Crippen molar-refractivity contribution in [2.75, 3.05) is 18.1 Å². The van der Waals surface area contributed by atoms with E-state index in [9.17, 15) is 9.90 Å². The monoisotopic (exact) mass is 427 g/mol. The Hall–Kier alpha value is -1.86. The molecule has 2 fully saturated rings. The molecular formula is C24H31N2O3S+. The number of fused-ring (bicyclic) bond motifs is 1. The molecule has 30 heavy (non-hydrogen) atoms. The minimum absolute atomic E-state index is 0.192. The van der Waals surface area contributed by atoms with Gasteiger partial charge < -0.3 is 10.2 Å². The lowest BCUT2D eigenvalue weighted by molar-refractivity contribution is -0.995. The number of aliphatic hydroxyl groups excluding tert-OH is 1. The molecule has 4 rings (SSSR count). The van der Waals surface area contributed by atoms with Gasteiger partial charge in [-0.05, 0) is 18.4 Å². The number of hydrogen-bond donors (Lipinski definition) is 2. The Morgan fingerprint density at radius 1 is 1.00 bits per heavy atom. The third kappa shape index (κ3) is 4.42. The second-order valence-corrected chi connectivity index (χ2v) is 9.57. The molecule has 0 aromatic heterocycles. The molecule has 0 amide bonds. The van der Waals surface area contributed by atoms with Gasteiger partial charge in [-0.3, -0.25) is 9.28 Å². The van der Waals surface area contributed by atoms with Crippen LogP contribution in [-0.4, -0.2) is 62.1 Å². The quantitative estimate of drug-likeness (QED) is 0.474. The van der Waals surface area contributed by atoms with Gasteiger partial charge in [-0.1, -0.05) is 60.7 Å². The molecule has 160 valence electrons. The van der Waals surface area contributed by atoms with E-state index in [2.05, 4.69) is 53.4 Å². The topological polar surface area (TPSA) is 60.8 Å². The normalized spacial score (nSPS) is 28.5. The van der Waals surface area contributed by atoms with Crippen LogP contribution in [0, 0.1) is 0 Å². The highest BCUT2D eigenvalue weighted by Gasteiger charge is 2.60. The molecule has 6 heteroatoms. The third-order valence-electron chi connectivity index (χ3n) is 6.61. The van der Waals surface area contributed by atoms with Gasteiger partial charge in [-0.2, -0.15) is 11.8 Å². The first-order valence-corrected chi connectivity index (χ1v) is 11.9. The summed E-state index contributed by atoms with van der Waals surface area (Å²) in [4.78, 5) is 13.3. The first-order valence-electron chi connectivity index (χ1n) is 10.8. The number of aliphatic hydroxyl groups is 1. The van der Waals surface area contributed by atoms with E-state index in [1.54, 1.807) is 0 Å². The van der Waals surface area contributed by atoms with E-state index in [1.807, 2.05) is 23.9 Å². The van der Waals surface area contributed by atoms with Gasteiger partial charge in [-0.25, -0.2) is 4.90 Å². The number of rotatable bonds is 9. The Kier molecular flexibility index (Phi) is 6.78. The van der Waals surface area contributed by atoms with Crippen molar-refractivity contribution in [1.82, 2.24) is 4.90 Å². The van der Waals surface area contributed by atoms with Crippen molar-refractivity contribution < 1.29 is 19.5 Å².